The smallest absolute Gasteiger partial charge is 0.310 e. The number of tetrazole rings is 2. The maximum absolute atomic E-state index is 12.2. The zero-order valence-electron chi connectivity index (χ0n) is 28.6. The van der Waals surface area contributed by atoms with Crippen molar-refractivity contribution in [2.45, 2.75) is 18.4 Å². The van der Waals surface area contributed by atoms with E-state index in [1.807, 2.05) is 65.3 Å². The molecule has 7 rings (SSSR count). The molecule has 0 aliphatic carbocycles. The summed E-state index contributed by atoms with van der Waals surface area (Å²) >= 11 is 12.2. The Morgan fingerprint density at radius 2 is 1.11 bits per heavy atom. The van der Waals surface area contributed by atoms with Crippen molar-refractivity contribution >= 4 is 35.1 Å². The molecule has 0 aliphatic rings. The van der Waals surface area contributed by atoms with Crippen LogP contribution in [0.25, 0.3) is 22.8 Å². The Morgan fingerprint density at radius 1 is 0.642 bits per heavy atom. The van der Waals surface area contributed by atoms with Crippen LogP contribution in [0, 0.1) is 0 Å². The molecule has 0 spiro atoms. The van der Waals surface area contributed by atoms with Gasteiger partial charge in [0.1, 0.15) is 5.54 Å². The summed E-state index contributed by atoms with van der Waals surface area (Å²) in [4.78, 5) is 23.5. The molecule has 0 amide bonds. The number of nitrogens with zero attached hydrogens (tertiary/aromatic N) is 7. The fourth-order valence-electron chi connectivity index (χ4n) is 6.08. The molecule has 0 bridgehead atoms. The molecule has 0 fully saturated rings. The van der Waals surface area contributed by atoms with Crippen molar-refractivity contribution in [1.29, 1.82) is 0 Å². The second kappa shape index (κ2) is 16.9. The number of nitrogens with one attached hydrogen (secondary N) is 1. The van der Waals surface area contributed by atoms with Crippen molar-refractivity contribution < 1.29 is 19.1 Å². The molecule has 12 nitrogen and oxygen atoms in total. The SMILES string of the molecule is COC(=O)Cc1cc(Cl)ccc1-c1nnn[nH]1.COC(=O)Cc1cc(Cl)ccc1-c1nnnn1C(c1ccccc1)(c1ccccc1)c1ccccc1. The van der Waals surface area contributed by atoms with Gasteiger partial charge in [-0.2, -0.15) is 0 Å². The van der Waals surface area contributed by atoms with Crippen LogP contribution in [0.5, 0.6) is 0 Å². The fourth-order valence-corrected chi connectivity index (χ4v) is 6.47. The first-order valence-electron chi connectivity index (χ1n) is 16.3. The van der Waals surface area contributed by atoms with Crippen molar-refractivity contribution in [2.24, 2.45) is 0 Å². The summed E-state index contributed by atoms with van der Waals surface area (Å²) < 4.78 is 11.4. The van der Waals surface area contributed by atoms with Crippen LogP contribution in [-0.2, 0) is 37.4 Å². The molecule has 0 unspecified atom stereocenters. The van der Waals surface area contributed by atoms with Gasteiger partial charge in [0.15, 0.2) is 11.6 Å². The predicted molar refractivity (Wildman–Crippen MR) is 199 cm³/mol. The Balaban J connectivity index is 0.000000236. The molecule has 7 aromatic rings. The van der Waals surface area contributed by atoms with Gasteiger partial charge in [-0.05, 0) is 85.1 Å². The number of aromatic amines is 1. The number of carbonyl (C=O) groups is 2. The predicted octanol–water partition coefficient (Wildman–Crippen LogP) is 6.78. The Labute approximate surface area is 314 Å². The van der Waals surface area contributed by atoms with Gasteiger partial charge in [-0.15, -0.1) is 10.2 Å². The number of methoxy groups -OCH3 is 2. The lowest BCUT2D eigenvalue weighted by atomic mass is 9.77. The van der Waals surface area contributed by atoms with E-state index in [9.17, 15) is 9.59 Å². The number of ether oxygens (including phenoxy) is 2. The lowest BCUT2D eigenvalue weighted by Gasteiger charge is -2.36. The topological polar surface area (TPSA) is 151 Å². The highest BCUT2D eigenvalue weighted by atomic mass is 35.5. The number of esters is 2. The number of carbonyl (C=O) groups excluding carboxylic acids is 2. The van der Waals surface area contributed by atoms with Gasteiger partial charge in [0.25, 0.3) is 0 Å². The van der Waals surface area contributed by atoms with E-state index in [1.54, 1.807) is 30.3 Å². The third-order valence-corrected chi connectivity index (χ3v) is 8.93. The number of aromatic nitrogens is 8. The molecule has 14 heteroatoms. The van der Waals surface area contributed by atoms with E-state index in [4.69, 9.17) is 27.9 Å². The largest absolute Gasteiger partial charge is 0.469 e. The summed E-state index contributed by atoms with van der Waals surface area (Å²) in [5.41, 5.74) is 4.87. The van der Waals surface area contributed by atoms with Gasteiger partial charge in [-0.1, -0.05) is 114 Å². The monoisotopic (exact) mass is 746 g/mol. The van der Waals surface area contributed by atoms with Gasteiger partial charge in [-0.3, -0.25) is 9.59 Å². The van der Waals surface area contributed by atoms with Gasteiger partial charge in [0, 0.05) is 21.2 Å². The Bertz CT molecular complexity index is 2190. The molecule has 2 heterocycles. The van der Waals surface area contributed by atoms with Crippen LogP contribution in [0.4, 0.5) is 0 Å². The van der Waals surface area contributed by atoms with Crippen LogP contribution >= 0.6 is 23.2 Å². The van der Waals surface area contributed by atoms with Crippen LogP contribution < -0.4 is 0 Å². The van der Waals surface area contributed by atoms with Gasteiger partial charge < -0.3 is 9.47 Å². The maximum atomic E-state index is 12.2. The van der Waals surface area contributed by atoms with Crippen molar-refractivity contribution in [2.75, 3.05) is 14.2 Å². The van der Waals surface area contributed by atoms with E-state index in [0.717, 1.165) is 22.3 Å². The van der Waals surface area contributed by atoms with Crippen molar-refractivity contribution in [3.05, 3.63) is 165 Å². The average Bonchev–Trinajstić information content (AvgIpc) is 3.91. The number of benzene rings is 5. The lowest BCUT2D eigenvalue weighted by molar-refractivity contribution is -0.140. The highest BCUT2D eigenvalue weighted by Gasteiger charge is 2.42. The van der Waals surface area contributed by atoms with E-state index < -0.39 is 5.54 Å². The minimum Gasteiger partial charge on any atom is -0.469 e. The summed E-state index contributed by atoms with van der Waals surface area (Å²) in [7, 11) is 2.70. The number of hydrogen-bond donors (Lipinski definition) is 1. The highest BCUT2D eigenvalue weighted by Crippen LogP contribution is 2.42. The average molecular weight is 748 g/mol. The second-order valence-corrected chi connectivity index (χ2v) is 12.5. The third-order valence-electron chi connectivity index (χ3n) is 8.46. The molecule has 5 aromatic carbocycles. The fraction of sp³-hybridized carbons (Fsp3) is 0.128. The molecule has 53 heavy (non-hydrogen) atoms. The molecule has 0 radical (unpaired) electrons. The van der Waals surface area contributed by atoms with E-state index >= 15 is 0 Å². The standard InChI is InChI=1S/C29H23ClN4O2.C10H9ClN4O2/c1-36-27(35)20-21-19-25(30)17-18-26(21)28-31-32-33-34(28)29(22-11-5-2-6-12-22,23-13-7-3-8-14-23)24-15-9-4-10-16-24;1-17-9(16)5-6-4-7(11)2-3-8(6)10-12-14-15-13-10/h2-19H,20H2,1H3;2-4H,5H2,1H3,(H,12,13,14,15). The number of halogens is 2. The molecule has 1 N–H and O–H groups in total. The summed E-state index contributed by atoms with van der Waals surface area (Å²) in [5, 5.41) is 27.6. The summed E-state index contributed by atoms with van der Waals surface area (Å²) in [5.74, 6) is 0.265. The van der Waals surface area contributed by atoms with Crippen LogP contribution in [0.2, 0.25) is 10.0 Å². The maximum Gasteiger partial charge on any atom is 0.310 e. The van der Waals surface area contributed by atoms with Crippen LogP contribution in [-0.4, -0.2) is 67.0 Å². The molecule has 0 saturated carbocycles. The van der Waals surface area contributed by atoms with Crippen molar-refractivity contribution in [3.8, 4) is 22.8 Å². The molecule has 0 atom stereocenters. The second-order valence-electron chi connectivity index (χ2n) is 11.6. The Kier molecular flexibility index (Phi) is 11.6. The Morgan fingerprint density at radius 3 is 1.57 bits per heavy atom. The van der Waals surface area contributed by atoms with E-state index in [1.165, 1.54) is 14.2 Å². The van der Waals surface area contributed by atoms with Gasteiger partial charge in [0.05, 0.1) is 27.1 Å². The zero-order valence-corrected chi connectivity index (χ0v) is 30.1. The first kappa shape index (κ1) is 36.5. The van der Waals surface area contributed by atoms with Gasteiger partial charge >= 0.3 is 11.9 Å². The minimum atomic E-state index is -0.898. The first-order chi connectivity index (χ1) is 25.8. The van der Waals surface area contributed by atoms with Gasteiger partial charge in [0.2, 0.25) is 0 Å². The van der Waals surface area contributed by atoms with Crippen molar-refractivity contribution in [1.82, 2.24) is 40.8 Å². The van der Waals surface area contributed by atoms with E-state index in [2.05, 4.69) is 77.3 Å². The van der Waals surface area contributed by atoms with Crippen LogP contribution in [0.3, 0.4) is 0 Å². The first-order valence-corrected chi connectivity index (χ1v) is 17.0. The summed E-state index contributed by atoms with van der Waals surface area (Å²) in [6.07, 6.45) is 0.154. The summed E-state index contributed by atoms with van der Waals surface area (Å²) in [6.45, 7) is 0. The number of hydrogen-bond acceptors (Lipinski definition) is 10. The van der Waals surface area contributed by atoms with E-state index in [-0.39, 0.29) is 24.8 Å². The molecule has 266 valence electrons. The number of rotatable bonds is 10. The normalized spacial score (nSPS) is 10.9. The molecular formula is C39H32Cl2N8O4. The van der Waals surface area contributed by atoms with Crippen molar-refractivity contribution in [3.63, 3.8) is 0 Å². The van der Waals surface area contributed by atoms with E-state index in [0.29, 0.717) is 38.4 Å². The molecule has 0 saturated heterocycles. The highest BCUT2D eigenvalue weighted by molar-refractivity contribution is 6.31. The molecule has 0 aliphatic heterocycles. The third kappa shape index (κ3) is 7.98. The van der Waals surface area contributed by atoms with Crippen LogP contribution in [0.1, 0.15) is 27.8 Å². The Hall–Kier alpha value is -6.24. The quantitative estimate of drug-likeness (QED) is 0.117. The van der Waals surface area contributed by atoms with Crippen LogP contribution in [0.15, 0.2) is 127 Å². The number of H-pyrrole nitrogens is 1. The minimum absolute atomic E-state index is 0.0360. The molecular weight excluding hydrogens is 715 g/mol. The zero-order chi connectivity index (χ0) is 37.2. The molecule has 2 aromatic heterocycles. The van der Waals surface area contributed by atoms with Gasteiger partial charge in [-0.25, -0.2) is 9.78 Å². The lowest BCUT2D eigenvalue weighted by Crippen LogP contribution is -2.39. The summed E-state index contributed by atoms with van der Waals surface area (Å²) in [6, 6.07) is 40.9.